The Morgan fingerprint density at radius 2 is 1.93 bits per heavy atom. The van der Waals surface area contributed by atoms with E-state index < -0.39 is 17.6 Å². The number of nitrogens with zero attached hydrogens (tertiary/aromatic N) is 5. The molecule has 4 heterocycles. The number of hydrogen-bond acceptors (Lipinski definition) is 6. The number of likely N-dealkylation sites (tertiary alicyclic amines) is 1. The first-order valence-electron chi connectivity index (χ1n) is 13.1. The first kappa shape index (κ1) is 27.8. The predicted molar refractivity (Wildman–Crippen MR) is 148 cm³/mol. The summed E-state index contributed by atoms with van der Waals surface area (Å²) in [5, 5.41) is 2.40. The molecule has 1 aromatic carbocycles. The van der Waals surface area contributed by atoms with Gasteiger partial charge in [-0.05, 0) is 43.5 Å². The normalized spacial score (nSPS) is 15.6. The maximum atomic E-state index is 13.0. The van der Waals surface area contributed by atoms with Crippen molar-refractivity contribution in [2.75, 3.05) is 24.1 Å². The van der Waals surface area contributed by atoms with Crippen molar-refractivity contribution in [2.24, 2.45) is 0 Å². The molecule has 5 rings (SSSR count). The summed E-state index contributed by atoms with van der Waals surface area (Å²) < 4.78 is 40.9. The van der Waals surface area contributed by atoms with Crippen molar-refractivity contribution in [3.63, 3.8) is 0 Å². The third-order valence-corrected chi connectivity index (χ3v) is 7.06. The number of rotatable bonds is 7. The first-order chi connectivity index (χ1) is 19.7. The summed E-state index contributed by atoms with van der Waals surface area (Å²) in [5.74, 6) is 0.317. The molecular weight excluding hydrogens is 535 g/mol. The second-order valence-electron chi connectivity index (χ2n) is 9.81. The number of benzene rings is 1. The number of allylic oxidation sites excluding steroid dienone is 1. The Hall–Kier alpha value is -4.74. The molecule has 0 aliphatic carbocycles. The minimum absolute atomic E-state index is 0.00973. The Morgan fingerprint density at radius 3 is 2.66 bits per heavy atom. The van der Waals surface area contributed by atoms with E-state index >= 15 is 0 Å². The second kappa shape index (κ2) is 11.4. The summed E-state index contributed by atoms with van der Waals surface area (Å²) in [4.78, 5) is 40.3. The minimum Gasteiger partial charge on any atom is -0.382 e. The van der Waals surface area contributed by atoms with Gasteiger partial charge in [-0.1, -0.05) is 18.2 Å². The molecular formula is C29H28F3N7O2. The molecule has 12 heteroatoms. The van der Waals surface area contributed by atoms with Crippen LogP contribution in [0.2, 0.25) is 0 Å². The fourth-order valence-corrected chi connectivity index (χ4v) is 5.02. The number of amides is 2. The van der Waals surface area contributed by atoms with Crippen molar-refractivity contribution >= 4 is 29.0 Å². The topological polar surface area (TPSA) is 119 Å². The quantitative estimate of drug-likeness (QED) is 0.294. The first-order valence-corrected chi connectivity index (χ1v) is 13.1. The molecule has 0 unspecified atom stereocenters. The zero-order valence-corrected chi connectivity index (χ0v) is 22.1. The highest BCUT2D eigenvalue weighted by atomic mass is 19.4. The summed E-state index contributed by atoms with van der Waals surface area (Å²) in [6, 6.07) is 8.10. The van der Waals surface area contributed by atoms with Gasteiger partial charge in [0.25, 0.3) is 5.91 Å². The van der Waals surface area contributed by atoms with Gasteiger partial charge < -0.3 is 16.0 Å². The maximum absolute atomic E-state index is 13.0. The largest absolute Gasteiger partial charge is 0.416 e. The van der Waals surface area contributed by atoms with Gasteiger partial charge in [0.15, 0.2) is 0 Å². The number of nitrogen functional groups attached to an aromatic ring is 1. The number of nitrogens with one attached hydrogen (secondary N) is 1. The molecule has 1 atom stereocenters. The number of pyridine rings is 1. The zero-order chi connectivity index (χ0) is 29.1. The van der Waals surface area contributed by atoms with Crippen molar-refractivity contribution in [1.82, 2.24) is 24.3 Å². The molecule has 0 radical (unpaired) electrons. The van der Waals surface area contributed by atoms with Crippen molar-refractivity contribution in [3.05, 3.63) is 84.6 Å². The Balaban J connectivity index is 1.40. The van der Waals surface area contributed by atoms with Crippen LogP contribution in [-0.2, 0) is 11.0 Å². The molecule has 1 fully saturated rings. The molecule has 0 saturated carbocycles. The van der Waals surface area contributed by atoms with Crippen molar-refractivity contribution in [2.45, 2.75) is 37.8 Å². The lowest BCUT2D eigenvalue weighted by molar-refractivity contribution is -0.137. The van der Waals surface area contributed by atoms with Crippen LogP contribution in [0.4, 0.5) is 24.8 Å². The van der Waals surface area contributed by atoms with Gasteiger partial charge in [-0.3, -0.25) is 14.0 Å². The lowest BCUT2D eigenvalue weighted by Gasteiger charge is -2.32. The zero-order valence-electron chi connectivity index (χ0n) is 22.1. The minimum atomic E-state index is -4.55. The monoisotopic (exact) mass is 563 g/mol. The van der Waals surface area contributed by atoms with Crippen molar-refractivity contribution in [1.29, 1.82) is 0 Å². The lowest BCUT2D eigenvalue weighted by atomic mass is 9.96. The lowest BCUT2D eigenvalue weighted by Crippen LogP contribution is -2.39. The summed E-state index contributed by atoms with van der Waals surface area (Å²) in [6.07, 6.45) is 4.32. The number of carbonyl (C=O) groups excluding carboxylic acids is 2. The molecule has 1 saturated heterocycles. The molecule has 1 aliphatic rings. The van der Waals surface area contributed by atoms with Gasteiger partial charge in [-0.15, -0.1) is 6.58 Å². The highest BCUT2D eigenvalue weighted by molar-refractivity contribution is 6.04. The molecule has 4 aromatic rings. The Bertz CT molecular complexity index is 1600. The number of hydrogen-bond donors (Lipinski definition) is 2. The average Bonchev–Trinajstić information content (AvgIpc) is 3.37. The van der Waals surface area contributed by atoms with Crippen LogP contribution in [0, 0.1) is 0 Å². The number of piperidine rings is 1. The predicted octanol–water partition coefficient (Wildman–Crippen LogP) is 5.32. The fourth-order valence-electron chi connectivity index (χ4n) is 5.02. The van der Waals surface area contributed by atoms with Crippen LogP contribution in [0.25, 0.3) is 16.8 Å². The number of fused-ring (bicyclic) bond motifs is 1. The van der Waals surface area contributed by atoms with E-state index in [0.29, 0.717) is 42.7 Å². The summed E-state index contributed by atoms with van der Waals surface area (Å²) in [7, 11) is 0. The van der Waals surface area contributed by atoms with Crippen LogP contribution in [0.3, 0.4) is 0 Å². The van der Waals surface area contributed by atoms with E-state index in [0.717, 1.165) is 37.0 Å². The van der Waals surface area contributed by atoms with Crippen LogP contribution in [0.5, 0.6) is 0 Å². The third kappa shape index (κ3) is 5.91. The molecule has 3 N–H and O–H groups in total. The van der Waals surface area contributed by atoms with E-state index in [1.54, 1.807) is 42.7 Å². The SMILES string of the molecule is C=CCCC(=O)N1CCC[C@@H](c2nc(-c3ccc(C(=O)Nc4cc(C(F)(F)F)ccn4)cc3)c3c(N)nccn23)C1. The molecule has 41 heavy (non-hydrogen) atoms. The Kier molecular flexibility index (Phi) is 7.73. The second-order valence-corrected chi connectivity index (χ2v) is 9.81. The Labute approximate surface area is 233 Å². The standard InChI is InChI=1S/C29H28F3N7O2/c1-2-3-6-23(40)38-14-4-5-20(17-38)27-37-24(25-26(33)35-13-15-39(25)27)18-7-9-19(10-8-18)28(41)36-22-16-21(11-12-34-22)29(30,31)32/h2,7-13,15-16,20H,1,3-6,14,17H2,(H2,33,35)(H,34,36,41)/t20-/m1/s1. The molecule has 3 aromatic heterocycles. The Morgan fingerprint density at radius 1 is 1.15 bits per heavy atom. The van der Waals surface area contributed by atoms with Crippen LogP contribution in [0.1, 0.15) is 53.3 Å². The van der Waals surface area contributed by atoms with E-state index in [-0.39, 0.29) is 29.0 Å². The number of alkyl halides is 3. The molecule has 2 amide bonds. The van der Waals surface area contributed by atoms with Crippen molar-refractivity contribution < 1.29 is 22.8 Å². The van der Waals surface area contributed by atoms with Gasteiger partial charge in [-0.25, -0.2) is 15.0 Å². The number of halogens is 3. The molecule has 0 spiro atoms. The highest BCUT2D eigenvalue weighted by Crippen LogP contribution is 2.34. The number of aromatic nitrogens is 4. The van der Waals surface area contributed by atoms with E-state index in [1.807, 2.05) is 9.30 Å². The van der Waals surface area contributed by atoms with Gasteiger partial charge >= 0.3 is 6.18 Å². The van der Waals surface area contributed by atoms with Crippen LogP contribution in [-0.4, -0.2) is 49.2 Å². The molecule has 1 aliphatic heterocycles. The third-order valence-electron chi connectivity index (χ3n) is 7.06. The average molecular weight is 564 g/mol. The number of anilines is 2. The van der Waals surface area contributed by atoms with E-state index in [9.17, 15) is 22.8 Å². The van der Waals surface area contributed by atoms with Crippen LogP contribution >= 0.6 is 0 Å². The highest BCUT2D eigenvalue weighted by Gasteiger charge is 2.31. The number of imidazole rings is 1. The fraction of sp³-hybridized carbons (Fsp3) is 0.276. The molecule has 0 bridgehead atoms. The van der Waals surface area contributed by atoms with Gasteiger partial charge in [0.1, 0.15) is 28.7 Å². The van der Waals surface area contributed by atoms with E-state index in [4.69, 9.17) is 10.7 Å². The van der Waals surface area contributed by atoms with Gasteiger partial charge in [0.2, 0.25) is 5.91 Å². The van der Waals surface area contributed by atoms with Crippen LogP contribution < -0.4 is 11.1 Å². The van der Waals surface area contributed by atoms with E-state index in [2.05, 4.69) is 21.9 Å². The van der Waals surface area contributed by atoms with Crippen molar-refractivity contribution in [3.8, 4) is 11.3 Å². The van der Waals surface area contributed by atoms with Gasteiger partial charge in [-0.2, -0.15) is 13.2 Å². The number of nitrogens with two attached hydrogens (primary N) is 1. The smallest absolute Gasteiger partial charge is 0.382 e. The van der Waals surface area contributed by atoms with Gasteiger partial charge in [0, 0.05) is 55.1 Å². The summed E-state index contributed by atoms with van der Waals surface area (Å²) in [5.41, 5.74) is 7.46. The summed E-state index contributed by atoms with van der Waals surface area (Å²) >= 11 is 0. The molecule has 212 valence electrons. The summed E-state index contributed by atoms with van der Waals surface area (Å²) in [6.45, 7) is 4.94. The maximum Gasteiger partial charge on any atom is 0.416 e. The molecule has 9 nitrogen and oxygen atoms in total. The van der Waals surface area contributed by atoms with Gasteiger partial charge in [0.05, 0.1) is 5.56 Å². The number of carbonyl (C=O) groups is 2. The van der Waals surface area contributed by atoms with E-state index in [1.165, 1.54) is 0 Å². The van der Waals surface area contributed by atoms with Crippen LogP contribution in [0.15, 0.2) is 67.6 Å².